The molecule has 1 fully saturated rings. The standard InChI is InChI=1S/C12H16ClN3O/c1-2-16(8-3-4-8)9-5-6-10(11(13)7-9)12(14)15-17/h5-8,17H,2-4H2,1H3,(H2,14,15). The van der Waals surface area contributed by atoms with Crippen LogP contribution in [0.3, 0.4) is 0 Å². The molecule has 1 aliphatic rings. The van der Waals surface area contributed by atoms with Crippen molar-refractivity contribution in [3.05, 3.63) is 28.8 Å². The minimum atomic E-state index is 0.0380. The summed E-state index contributed by atoms with van der Waals surface area (Å²) >= 11 is 6.13. The van der Waals surface area contributed by atoms with E-state index in [1.165, 1.54) is 12.8 Å². The van der Waals surface area contributed by atoms with E-state index in [0.29, 0.717) is 16.6 Å². The van der Waals surface area contributed by atoms with Crippen molar-refractivity contribution in [2.45, 2.75) is 25.8 Å². The lowest BCUT2D eigenvalue weighted by molar-refractivity contribution is 0.318. The van der Waals surface area contributed by atoms with Gasteiger partial charge in [0, 0.05) is 23.8 Å². The third kappa shape index (κ3) is 2.47. The predicted molar refractivity (Wildman–Crippen MR) is 70.0 cm³/mol. The van der Waals surface area contributed by atoms with E-state index in [0.717, 1.165) is 12.2 Å². The number of hydrogen-bond acceptors (Lipinski definition) is 3. The highest BCUT2D eigenvalue weighted by Crippen LogP contribution is 2.33. The number of hydrogen-bond donors (Lipinski definition) is 2. The lowest BCUT2D eigenvalue weighted by Gasteiger charge is -2.23. The van der Waals surface area contributed by atoms with Crippen molar-refractivity contribution in [3.8, 4) is 0 Å². The van der Waals surface area contributed by atoms with Crippen molar-refractivity contribution in [1.82, 2.24) is 0 Å². The maximum atomic E-state index is 8.63. The second kappa shape index (κ2) is 4.84. The van der Waals surface area contributed by atoms with Crippen LogP contribution in [0, 0.1) is 0 Å². The van der Waals surface area contributed by atoms with Gasteiger partial charge in [-0.1, -0.05) is 16.8 Å². The Morgan fingerprint density at radius 1 is 1.59 bits per heavy atom. The molecule has 17 heavy (non-hydrogen) atoms. The maximum absolute atomic E-state index is 8.63. The van der Waals surface area contributed by atoms with Crippen LogP contribution in [0.25, 0.3) is 0 Å². The van der Waals surface area contributed by atoms with Crippen molar-refractivity contribution in [2.75, 3.05) is 11.4 Å². The molecule has 92 valence electrons. The second-order valence-electron chi connectivity index (χ2n) is 4.17. The fourth-order valence-corrected chi connectivity index (χ4v) is 2.25. The molecule has 1 aromatic rings. The summed E-state index contributed by atoms with van der Waals surface area (Å²) in [5.41, 5.74) is 7.18. The molecule has 0 saturated heterocycles. The van der Waals surface area contributed by atoms with Crippen LogP contribution in [0.5, 0.6) is 0 Å². The Morgan fingerprint density at radius 3 is 2.76 bits per heavy atom. The Kier molecular flexibility index (Phi) is 3.43. The highest BCUT2D eigenvalue weighted by molar-refractivity contribution is 6.34. The zero-order valence-corrected chi connectivity index (χ0v) is 10.5. The Labute approximate surface area is 106 Å². The van der Waals surface area contributed by atoms with Crippen LogP contribution in [-0.2, 0) is 0 Å². The summed E-state index contributed by atoms with van der Waals surface area (Å²) in [6.07, 6.45) is 2.49. The minimum Gasteiger partial charge on any atom is -0.409 e. The van der Waals surface area contributed by atoms with Crippen molar-refractivity contribution in [2.24, 2.45) is 10.9 Å². The summed E-state index contributed by atoms with van der Waals surface area (Å²) in [7, 11) is 0. The van der Waals surface area contributed by atoms with Gasteiger partial charge in [-0.15, -0.1) is 0 Å². The zero-order chi connectivity index (χ0) is 12.4. The highest BCUT2D eigenvalue weighted by atomic mass is 35.5. The largest absolute Gasteiger partial charge is 0.409 e. The van der Waals surface area contributed by atoms with Gasteiger partial charge in [-0.25, -0.2) is 0 Å². The second-order valence-corrected chi connectivity index (χ2v) is 4.57. The summed E-state index contributed by atoms with van der Waals surface area (Å²) in [5.74, 6) is 0.0380. The average molecular weight is 254 g/mol. The van der Waals surface area contributed by atoms with Crippen LogP contribution in [0.1, 0.15) is 25.3 Å². The highest BCUT2D eigenvalue weighted by Gasteiger charge is 2.28. The predicted octanol–water partition coefficient (Wildman–Crippen LogP) is 2.42. The van der Waals surface area contributed by atoms with E-state index in [1.54, 1.807) is 6.07 Å². The molecule has 0 amide bonds. The maximum Gasteiger partial charge on any atom is 0.171 e. The number of halogens is 1. The van der Waals surface area contributed by atoms with Gasteiger partial charge in [0.15, 0.2) is 5.84 Å². The van der Waals surface area contributed by atoms with E-state index < -0.39 is 0 Å². The Balaban J connectivity index is 2.29. The van der Waals surface area contributed by atoms with Gasteiger partial charge in [0.1, 0.15) is 0 Å². The van der Waals surface area contributed by atoms with Crippen LogP contribution in [0.4, 0.5) is 5.69 Å². The molecule has 4 nitrogen and oxygen atoms in total. The normalized spacial score (nSPS) is 16.0. The summed E-state index contributed by atoms with van der Waals surface area (Å²) < 4.78 is 0. The van der Waals surface area contributed by atoms with Crippen LogP contribution >= 0.6 is 11.6 Å². The van der Waals surface area contributed by atoms with Crippen molar-refractivity contribution in [1.29, 1.82) is 0 Å². The zero-order valence-electron chi connectivity index (χ0n) is 9.73. The molecule has 0 bridgehead atoms. The summed E-state index contributed by atoms with van der Waals surface area (Å²) in [4.78, 5) is 2.32. The van der Waals surface area contributed by atoms with Gasteiger partial charge in [-0.05, 0) is 38.0 Å². The number of amidine groups is 1. The van der Waals surface area contributed by atoms with Gasteiger partial charge in [-0.3, -0.25) is 0 Å². The monoisotopic (exact) mass is 253 g/mol. The summed E-state index contributed by atoms with van der Waals surface area (Å²) in [6.45, 7) is 3.09. The van der Waals surface area contributed by atoms with Gasteiger partial charge in [0.25, 0.3) is 0 Å². The van der Waals surface area contributed by atoms with Crippen molar-refractivity contribution < 1.29 is 5.21 Å². The Morgan fingerprint density at radius 2 is 2.29 bits per heavy atom. The molecule has 0 aromatic heterocycles. The molecule has 3 N–H and O–H groups in total. The first kappa shape index (κ1) is 12.0. The van der Waals surface area contributed by atoms with Gasteiger partial charge in [-0.2, -0.15) is 0 Å². The first-order valence-electron chi connectivity index (χ1n) is 5.71. The molecule has 0 atom stereocenters. The van der Waals surface area contributed by atoms with E-state index in [2.05, 4.69) is 17.0 Å². The first-order valence-corrected chi connectivity index (χ1v) is 6.09. The molecule has 0 heterocycles. The summed E-state index contributed by atoms with van der Waals surface area (Å²) in [6, 6.07) is 6.26. The van der Waals surface area contributed by atoms with E-state index in [1.807, 2.05) is 12.1 Å². The number of rotatable bonds is 4. The third-order valence-corrected chi connectivity index (χ3v) is 3.31. The van der Waals surface area contributed by atoms with E-state index in [4.69, 9.17) is 22.5 Å². The Hall–Kier alpha value is -1.42. The van der Waals surface area contributed by atoms with E-state index in [9.17, 15) is 0 Å². The quantitative estimate of drug-likeness (QED) is 0.375. The van der Waals surface area contributed by atoms with Crippen LogP contribution in [0.15, 0.2) is 23.4 Å². The van der Waals surface area contributed by atoms with Gasteiger partial charge in [0.05, 0.1) is 5.02 Å². The molecule has 0 radical (unpaired) electrons. The van der Waals surface area contributed by atoms with Crippen LogP contribution in [-0.4, -0.2) is 23.6 Å². The SMILES string of the molecule is CCN(c1ccc(C(N)=NO)c(Cl)c1)C1CC1. The molecule has 0 unspecified atom stereocenters. The number of benzene rings is 1. The van der Waals surface area contributed by atoms with Gasteiger partial charge in [0.2, 0.25) is 0 Å². The molecule has 0 spiro atoms. The molecular weight excluding hydrogens is 238 g/mol. The van der Waals surface area contributed by atoms with Crippen molar-refractivity contribution >= 4 is 23.1 Å². The minimum absolute atomic E-state index is 0.0380. The molecule has 2 rings (SSSR count). The summed E-state index contributed by atoms with van der Waals surface area (Å²) in [5, 5.41) is 12.1. The van der Waals surface area contributed by atoms with Gasteiger partial charge < -0.3 is 15.8 Å². The molecule has 5 heteroatoms. The lowest BCUT2D eigenvalue weighted by atomic mass is 10.1. The average Bonchev–Trinajstić information content (AvgIpc) is 3.14. The number of oxime groups is 1. The van der Waals surface area contributed by atoms with Crippen LogP contribution < -0.4 is 10.6 Å². The van der Waals surface area contributed by atoms with Crippen molar-refractivity contribution in [3.63, 3.8) is 0 Å². The fourth-order valence-electron chi connectivity index (χ4n) is 1.98. The molecule has 1 aromatic carbocycles. The number of nitrogens with two attached hydrogens (primary N) is 1. The number of anilines is 1. The smallest absolute Gasteiger partial charge is 0.171 e. The van der Waals surface area contributed by atoms with Gasteiger partial charge >= 0.3 is 0 Å². The molecule has 0 aliphatic heterocycles. The Bertz CT molecular complexity index is 443. The number of nitrogens with zero attached hydrogens (tertiary/aromatic N) is 2. The third-order valence-electron chi connectivity index (χ3n) is 3.00. The molecular formula is C12H16ClN3O. The first-order chi connectivity index (χ1) is 8.17. The fraction of sp³-hybridized carbons (Fsp3) is 0.417. The molecule has 1 aliphatic carbocycles. The molecule has 1 saturated carbocycles. The lowest BCUT2D eigenvalue weighted by Crippen LogP contribution is -2.25. The van der Waals surface area contributed by atoms with E-state index in [-0.39, 0.29) is 5.84 Å². The van der Waals surface area contributed by atoms with E-state index >= 15 is 0 Å². The topological polar surface area (TPSA) is 61.8 Å². The van der Waals surface area contributed by atoms with Crippen LogP contribution in [0.2, 0.25) is 5.02 Å².